The summed E-state index contributed by atoms with van der Waals surface area (Å²) in [6, 6.07) is 0. The van der Waals surface area contributed by atoms with Crippen LogP contribution in [0.5, 0.6) is 0 Å². The highest BCUT2D eigenvalue weighted by atomic mass is 32.2. The zero-order valence-corrected chi connectivity index (χ0v) is 12.8. The van der Waals surface area contributed by atoms with Crippen LogP contribution in [0.25, 0.3) is 0 Å². The standard InChI is InChI=1S/C12H23N3O3S/c1-10-14-11(8-15(10)4)19(17,18)13-7-5-6-12(2,3)9-16/h8,13,16H,5-7,9H2,1-4H3. The van der Waals surface area contributed by atoms with Crippen LogP contribution in [-0.2, 0) is 17.1 Å². The van der Waals surface area contributed by atoms with E-state index < -0.39 is 10.0 Å². The van der Waals surface area contributed by atoms with E-state index in [2.05, 4.69) is 9.71 Å². The van der Waals surface area contributed by atoms with Gasteiger partial charge in [0, 0.05) is 26.4 Å². The van der Waals surface area contributed by atoms with Gasteiger partial charge in [0.15, 0.2) is 5.03 Å². The Hall–Kier alpha value is -0.920. The lowest BCUT2D eigenvalue weighted by Gasteiger charge is -2.21. The van der Waals surface area contributed by atoms with Crippen LogP contribution >= 0.6 is 0 Å². The SMILES string of the molecule is Cc1nc(S(=O)(=O)NCCCC(C)(C)CO)cn1C. The van der Waals surface area contributed by atoms with Crippen molar-refractivity contribution in [2.45, 2.75) is 38.6 Å². The molecule has 6 nitrogen and oxygen atoms in total. The zero-order chi connectivity index (χ0) is 14.7. The number of aryl methyl sites for hydroxylation is 2. The molecular formula is C12H23N3O3S. The van der Waals surface area contributed by atoms with Gasteiger partial charge in [-0.15, -0.1) is 0 Å². The fourth-order valence-electron chi connectivity index (χ4n) is 1.58. The van der Waals surface area contributed by atoms with E-state index in [-0.39, 0.29) is 17.0 Å². The van der Waals surface area contributed by atoms with Gasteiger partial charge in [-0.05, 0) is 25.2 Å². The maximum atomic E-state index is 12.0. The molecule has 1 rings (SSSR count). The molecule has 110 valence electrons. The van der Waals surface area contributed by atoms with Gasteiger partial charge in [0.05, 0.1) is 0 Å². The number of sulfonamides is 1. The van der Waals surface area contributed by atoms with Crippen molar-refractivity contribution in [1.29, 1.82) is 0 Å². The van der Waals surface area contributed by atoms with Gasteiger partial charge in [-0.1, -0.05) is 13.8 Å². The third-order valence-corrected chi connectivity index (χ3v) is 4.44. The van der Waals surface area contributed by atoms with Crippen molar-refractivity contribution in [3.05, 3.63) is 12.0 Å². The molecule has 0 bridgehead atoms. The predicted octanol–water partition coefficient (Wildman–Crippen LogP) is 0.806. The number of imidazole rings is 1. The van der Waals surface area contributed by atoms with Gasteiger partial charge in [0.25, 0.3) is 10.0 Å². The average Bonchev–Trinajstić information content (AvgIpc) is 2.66. The van der Waals surface area contributed by atoms with Gasteiger partial charge < -0.3 is 9.67 Å². The molecule has 0 aliphatic rings. The molecule has 1 aromatic rings. The van der Waals surface area contributed by atoms with E-state index >= 15 is 0 Å². The number of hydrogen-bond donors (Lipinski definition) is 2. The second kappa shape index (κ2) is 6.02. The van der Waals surface area contributed by atoms with Crippen LogP contribution in [-0.4, -0.2) is 36.2 Å². The quantitative estimate of drug-likeness (QED) is 0.727. The van der Waals surface area contributed by atoms with E-state index in [1.54, 1.807) is 18.5 Å². The summed E-state index contributed by atoms with van der Waals surface area (Å²) in [5.41, 5.74) is -0.174. The number of rotatable bonds is 7. The number of aromatic nitrogens is 2. The first-order valence-electron chi connectivity index (χ1n) is 6.28. The number of nitrogens with zero attached hydrogens (tertiary/aromatic N) is 2. The van der Waals surface area contributed by atoms with Crippen LogP contribution in [0.1, 0.15) is 32.5 Å². The fourth-order valence-corrected chi connectivity index (χ4v) is 2.69. The molecule has 0 spiro atoms. The van der Waals surface area contributed by atoms with E-state index in [1.807, 2.05) is 13.8 Å². The third kappa shape index (κ3) is 4.59. The monoisotopic (exact) mass is 289 g/mol. The molecule has 1 aromatic heterocycles. The summed E-state index contributed by atoms with van der Waals surface area (Å²) < 4.78 is 28.1. The molecule has 0 aromatic carbocycles. The third-order valence-electron chi connectivity index (χ3n) is 3.11. The molecule has 19 heavy (non-hydrogen) atoms. The highest BCUT2D eigenvalue weighted by Crippen LogP contribution is 2.20. The average molecular weight is 289 g/mol. The smallest absolute Gasteiger partial charge is 0.259 e. The van der Waals surface area contributed by atoms with Gasteiger partial charge in [0.1, 0.15) is 5.82 Å². The lowest BCUT2D eigenvalue weighted by atomic mass is 9.89. The van der Waals surface area contributed by atoms with E-state index in [1.165, 1.54) is 6.20 Å². The van der Waals surface area contributed by atoms with Crippen molar-refractivity contribution in [3.8, 4) is 0 Å². The fraction of sp³-hybridized carbons (Fsp3) is 0.750. The highest BCUT2D eigenvalue weighted by molar-refractivity contribution is 7.89. The Balaban J connectivity index is 2.53. The van der Waals surface area contributed by atoms with Crippen molar-refractivity contribution in [3.63, 3.8) is 0 Å². The largest absolute Gasteiger partial charge is 0.396 e. The first kappa shape index (κ1) is 16.1. The minimum Gasteiger partial charge on any atom is -0.396 e. The molecule has 0 aliphatic heterocycles. The Labute approximate surface area is 114 Å². The molecule has 0 radical (unpaired) electrons. The second-order valence-corrected chi connectivity index (χ2v) is 7.27. The molecule has 0 fully saturated rings. The summed E-state index contributed by atoms with van der Waals surface area (Å²) in [6.45, 7) is 6.09. The molecule has 0 aliphatic carbocycles. The van der Waals surface area contributed by atoms with Crippen molar-refractivity contribution < 1.29 is 13.5 Å². The minimum atomic E-state index is -3.53. The Morgan fingerprint density at radius 1 is 1.47 bits per heavy atom. The molecule has 0 atom stereocenters. The molecule has 1 heterocycles. The van der Waals surface area contributed by atoms with Crippen LogP contribution in [0.2, 0.25) is 0 Å². The molecule has 0 saturated carbocycles. The van der Waals surface area contributed by atoms with Crippen LogP contribution in [0.4, 0.5) is 0 Å². The number of nitrogens with one attached hydrogen (secondary N) is 1. The normalized spacial score (nSPS) is 12.9. The van der Waals surface area contributed by atoms with Crippen molar-refractivity contribution in [1.82, 2.24) is 14.3 Å². The second-order valence-electron chi connectivity index (χ2n) is 5.56. The van der Waals surface area contributed by atoms with Gasteiger partial charge in [-0.3, -0.25) is 0 Å². The van der Waals surface area contributed by atoms with Gasteiger partial charge in [0.2, 0.25) is 0 Å². The number of aliphatic hydroxyl groups is 1. The van der Waals surface area contributed by atoms with Gasteiger partial charge >= 0.3 is 0 Å². The van der Waals surface area contributed by atoms with Crippen molar-refractivity contribution >= 4 is 10.0 Å². The maximum absolute atomic E-state index is 12.0. The molecular weight excluding hydrogens is 266 g/mol. The van der Waals surface area contributed by atoms with Crippen LogP contribution in [0.3, 0.4) is 0 Å². The predicted molar refractivity (Wildman–Crippen MR) is 73.2 cm³/mol. The van der Waals surface area contributed by atoms with Crippen molar-refractivity contribution in [2.24, 2.45) is 12.5 Å². The first-order chi connectivity index (χ1) is 8.68. The van der Waals surface area contributed by atoms with E-state index in [0.29, 0.717) is 18.8 Å². The van der Waals surface area contributed by atoms with Crippen molar-refractivity contribution in [2.75, 3.05) is 13.2 Å². The lowest BCUT2D eigenvalue weighted by Crippen LogP contribution is -2.27. The Bertz CT molecular complexity index is 501. The molecule has 0 amide bonds. The summed E-state index contributed by atoms with van der Waals surface area (Å²) in [4.78, 5) is 4.00. The molecule has 7 heteroatoms. The molecule has 0 unspecified atom stereocenters. The summed E-state index contributed by atoms with van der Waals surface area (Å²) in [5.74, 6) is 0.654. The molecule has 0 saturated heterocycles. The van der Waals surface area contributed by atoms with E-state index in [0.717, 1.165) is 6.42 Å². The summed E-state index contributed by atoms with van der Waals surface area (Å²) >= 11 is 0. The van der Waals surface area contributed by atoms with Gasteiger partial charge in [-0.2, -0.15) is 0 Å². The van der Waals surface area contributed by atoms with Crippen LogP contribution in [0, 0.1) is 12.3 Å². The number of hydrogen-bond acceptors (Lipinski definition) is 4. The Morgan fingerprint density at radius 3 is 2.58 bits per heavy atom. The Morgan fingerprint density at radius 2 is 2.11 bits per heavy atom. The summed E-state index contributed by atoms with van der Waals surface area (Å²) in [5, 5.41) is 9.16. The first-order valence-corrected chi connectivity index (χ1v) is 7.77. The minimum absolute atomic E-state index is 0.0499. The summed E-state index contributed by atoms with van der Waals surface area (Å²) in [6.07, 6.45) is 2.93. The van der Waals surface area contributed by atoms with Crippen LogP contribution < -0.4 is 4.72 Å². The zero-order valence-electron chi connectivity index (χ0n) is 12.0. The Kier molecular flexibility index (Phi) is 5.11. The van der Waals surface area contributed by atoms with Gasteiger partial charge in [-0.25, -0.2) is 18.1 Å². The van der Waals surface area contributed by atoms with E-state index in [9.17, 15) is 8.42 Å². The topological polar surface area (TPSA) is 84.2 Å². The molecule has 2 N–H and O–H groups in total. The lowest BCUT2D eigenvalue weighted by molar-refractivity contribution is 0.148. The number of aliphatic hydroxyl groups excluding tert-OH is 1. The maximum Gasteiger partial charge on any atom is 0.259 e. The van der Waals surface area contributed by atoms with Crippen LogP contribution in [0.15, 0.2) is 11.2 Å². The summed E-state index contributed by atoms with van der Waals surface area (Å²) in [7, 11) is -1.78. The highest BCUT2D eigenvalue weighted by Gasteiger charge is 2.19. The van der Waals surface area contributed by atoms with E-state index in [4.69, 9.17) is 5.11 Å².